The van der Waals surface area contributed by atoms with Gasteiger partial charge in [0.15, 0.2) is 5.78 Å². The number of aliphatic hydroxyl groups is 2. The minimum absolute atomic E-state index is 0.0409. The lowest BCUT2D eigenvalue weighted by atomic mass is 9.77. The minimum atomic E-state index is -0.196. The van der Waals surface area contributed by atoms with Crippen molar-refractivity contribution in [2.75, 3.05) is 6.61 Å². The second-order valence-corrected chi connectivity index (χ2v) is 5.32. The van der Waals surface area contributed by atoms with Crippen molar-refractivity contribution in [2.24, 2.45) is 10.4 Å². The van der Waals surface area contributed by atoms with Gasteiger partial charge in [-0.05, 0) is 11.8 Å². The molecule has 4 nitrogen and oxygen atoms in total. The quantitative estimate of drug-likeness (QED) is 0.737. The third-order valence-corrected chi connectivity index (χ3v) is 2.99. The van der Waals surface area contributed by atoms with Crippen LogP contribution in [0.25, 0.3) is 0 Å². The van der Waals surface area contributed by atoms with Gasteiger partial charge in [0.1, 0.15) is 5.76 Å². The number of ketones is 1. The van der Waals surface area contributed by atoms with E-state index in [0.29, 0.717) is 24.8 Å². The molecule has 1 aliphatic carbocycles. The number of carbonyl (C=O) groups is 1. The number of nitrogens with zero attached hydrogens (tertiary/aromatic N) is 1. The van der Waals surface area contributed by atoms with Crippen LogP contribution in [0, 0.1) is 5.41 Å². The Balaban J connectivity index is 2.86. The van der Waals surface area contributed by atoms with E-state index in [0.717, 1.165) is 0 Å². The van der Waals surface area contributed by atoms with Crippen LogP contribution in [0.1, 0.15) is 40.0 Å². The predicted molar refractivity (Wildman–Crippen MR) is 67.3 cm³/mol. The van der Waals surface area contributed by atoms with E-state index in [2.05, 4.69) is 4.99 Å². The van der Waals surface area contributed by atoms with Crippen molar-refractivity contribution in [3.63, 3.8) is 0 Å². The maximum Gasteiger partial charge on any atom is 0.168 e. The largest absolute Gasteiger partial charge is 0.511 e. The fourth-order valence-corrected chi connectivity index (χ4v) is 1.91. The number of carbonyl (C=O) groups excluding carboxylic acids is 1. The second-order valence-electron chi connectivity index (χ2n) is 5.32. The van der Waals surface area contributed by atoms with Crippen LogP contribution in [0.5, 0.6) is 0 Å². The molecule has 0 amide bonds. The van der Waals surface area contributed by atoms with Gasteiger partial charge in [-0.1, -0.05) is 20.8 Å². The molecule has 0 radical (unpaired) electrons. The van der Waals surface area contributed by atoms with Gasteiger partial charge in [-0.25, -0.2) is 0 Å². The molecule has 0 aromatic heterocycles. The molecule has 17 heavy (non-hydrogen) atoms. The Morgan fingerprint density at radius 1 is 1.47 bits per heavy atom. The lowest BCUT2D eigenvalue weighted by Crippen LogP contribution is -2.26. The number of allylic oxidation sites excluding steroid dienone is 2. The van der Waals surface area contributed by atoms with E-state index < -0.39 is 0 Å². The Kier molecular flexibility index (Phi) is 4.46. The van der Waals surface area contributed by atoms with Gasteiger partial charge < -0.3 is 10.2 Å². The zero-order chi connectivity index (χ0) is 13.1. The zero-order valence-electron chi connectivity index (χ0n) is 10.7. The Labute approximate surface area is 102 Å². The SMILES string of the molecule is CC[C@H](CO)N=CC1=C(O)CC(C)(C)CC1=O. The standard InChI is InChI=1S/C13H21NO3/c1-4-9(8-15)14-7-10-11(16)5-13(2,3)6-12(10)17/h7,9,15-16H,4-6,8H2,1-3H3/t9-/m1/s1. The third-order valence-electron chi connectivity index (χ3n) is 2.99. The van der Waals surface area contributed by atoms with E-state index >= 15 is 0 Å². The van der Waals surface area contributed by atoms with E-state index in [-0.39, 0.29) is 29.6 Å². The van der Waals surface area contributed by atoms with E-state index in [9.17, 15) is 9.90 Å². The summed E-state index contributed by atoms with van der Waals surface area (Å²) in [5.74, 6) is 0.0399. The van der Waals surface area contributed by atoms with Crippen LogP contribution in [0.15, 0.2) is 16.3 Å². The minimum Gasteiger partial charge on any atom is -0.511 e. The van der Waals surface area contributed by atoms with Crippen LogP contribution in [-0.2, 0) is 4.79 Å². The van der Waals surface area contributed by atoms with Gasteiger partial charge in [0.25, 0.3) is 0 Å². The topological polar surface area (TPSA) is 69.9 Å². The molecule has 0 saturated heterocycles. The molecule has 0 bridgehead atoms. The summed E-state index contributed by atoms with van der Waals surface area (Å²) in [5.41, 5.74) is 0.121. The number of hydrogen-bond acceptors (Lipinski definition) is 4. The molecule has 4 heteroatoms. The summed E-state index contributed by atoms with van der Waals surface area (Å²) in [6, 6.07) is -0.196. The van der Waals surface area contributed by atoms with Gasteiger partial charge in [0.05, 0.1) is 18.2 Å². The Morgan fingerprint density at radius 2 is 2.12 bits per heavy atom. The molecule has 0 spiro atoms. The molecule has 0 saturated carbocycles. The first-order chi connectivity index (χ1) is 7.89. The van der Waals surface area contributed by atoms with Crippen molar-refractivity contribution in [1.29, 1.82) is 0 Å². The Morgan fingerprint density at radius 3 is 2.59 bits per heavy atom. The second kappa shape index (κ2) is 5.45. The normalized spacial score (nSPS) is 22.2. The van der Waals surface area contributed by atoms with Crippen LogP contribution in [0.3, 0.4) is 0 Å². The predicted octanol–water partition coefficient (Wildman–Crippen LogP) is 2.03. The van der Waals surface area contributed by atoms with Crippen molar-refractivity contribution in [3.05, 3.63) is 11.3 Å². The van der Waals surface area contributed by atoms with Crippen LogP contribution in [0.2, 0.25) is 0 Å². The lowest BCUT2D eigenvalue weighted by molar-refractivity contribution is -0.117. The van der Waals surface area contributed by atoms with Crippen molar-refractivity contribution in [1.82, 2.24) is 0 Å². The Hall–Kier alpha value is -1.16. The Bertz CT molecular complexity index is 352. The van der Waals surface area contributed by atoms with E-state index in [1.807, 2.05) is 20.8 Å². The lowest BCUT2D eigenvalue weighted by Gasteiger charge is -2.28. The van der Waals surface area contributed by atoms with E-state index in [1.54, 1.807) is 0 Å². The van der Waals surface area contributed by atoms with Gasteiger partial charge in [0.2, 0.25) is 0 Å². The average Bonchev–Trinajstić information content (AvgIpc) is 2.21. The van der Waals surface area contributed by atoms with Crippen LogP contribution >= 0.6 is 0 Å². The number of rotatable bonds is 4. The van der Waals surface area contributed by atoms with Gasteiger partial charge in [-0.15, -0.1) is 0 Å². The molecule has 2 N–H and O–H groups in total. The summed E-state index contributed by atoms with van der Waals surface area (Å²) in [6.45, 7) is 5.79. The van der Waals surface area contributed by atoms with Crippen LogP contribution in [0.4, 0.5) is 0 Å². The first-order valence-corrected chi connectivity index (χ1v) is 5.99. The van der Waals surface area contributed by atoms with Crippen molar-refractivity contribution in [3.8, 4) is 0 Å². The van der Waals surface area contributed by atoms with Crippen molar-refractivity contribution >= 4 is 12.0 Å². The first kappa shape index (κ1) is 13.9. The molecule has 1 atom stereocenters. The molecule has 0 heterocycles. The van der Waals surface area contributed by atoms with E-state index in [4.69, 9.17) is 5.11 Å². The number of aliphatic hydroxyl groups excluding tert-OH is 2. The summed E-state index contributed by atoms with van der Waals surface area (Å²) >= 11 is 0. The van der Waals surface area contributed by atoms with E-state index in [1.165, 1.54) is 6.21 Å². The monoisotopic (exact) mass is 239 g/mol. The molecular formula is C13H21NO3. The van der Waals surface area contributed by atoms with Gasteiger partial charge in [0, 0.05) is 19.1 Å². The van der Waals surface area contributed by atoms with Crippen LogP contribution < -0.4 is 0 Å². The molecule has 0 unspecified atom stereocenters. The molecular weight excluding hydrogens is 218 g/mol. The molecule has 96 valence electrons. The van der Waals surface area contributed by atoms with Gasteiger partial charge >= 0.3 is 0 Å². The molecule has 0 fully saturated rings. The summed E-state index contributed by atoms with van der Waals surface area (Å²) in [5, 5.41) is 18.8. The highest BCUT2D eigenvalue weighted by atomic mass is 16.3. The summed E-state index contributed by atoms with van der Waals surface area (Å²) in [6.07, 6.45) is 3.04. The smallest absolute Gasteiger partial charge is 0.168 e. The average molecular weight is 239 g/mol. The number of Topliss-reactive ketones (excluding diaryl/α,β-unsaturated/α-hetero) is 1. The highest BCUT2D eigenvalue weighted by Crippen LogP contribution is 2.35. The fraction of sp³-hybridized carbons (Fsp3) is 0.692. The summed E-state index contributed by atoms with van der Waals surface area (Å²) in [4.78, 5) is 16.0. The maximum atomic E-state index is 11.8. The highest BCUT2D eigenvalue weighted by Gasteiger charge is 2.32. The van der Waals surface area contributed by atoms with Gasteiger partial charge in [-0.2, -0.15) is 0 Å². The number of hydrogen-bond donors (Lipinski definition) is 2. The first-order valence-electron chi connectivity index (χ1n) is 5.99. The van der Waals surface area contributed by atoms with Crippen molar-refractivity contribution in [2.45, 2.75) is 46.1 Å². The van der Waals surface area contributed by atoms with Crippen molar-refractivity contribution < 1.29 is 15.0 Å². The zero-order valence-corrected chi connectivity index (χ0v) is 10.7. The fourth-order valence-electron chi connectivity index (χ4n) is 1.91. The molecule has 1 rings (SSSR count). The maximum absolute atomic E-state index is 11.8. The molecule has 0 aliphatic heterocycles. The molecule has 0 aromatic rings. The summed E-state index contributed by atoms with van der Waals surface area (Å²) in [7, 11) is 0. The van der Waals surface area contributed by atoms with Gasteiger partial charge in [-0.3, -0.25) is 9.79 Å². The molecule has 1 aliphatic rings. The molecule has 0 aromatic carbocycles. The summed E-state index contributed by atoms with van der Waals surface area (Å²) < 4.78 is 0. The highest BCUT2D eigenvalue weighted by molar-refractivity contribution is 6.14. The number of aliphatic imine (C=N–C) groups is 1. The third kappa shape index (κ3) is 3.66. The van der Waals surface area contributed by atoms with Crippen LogP contribution in [-0.4, -0.2) is 34.9 Å².